The number of aromatic amines is 1. The van der Waals surface area contributed by atoms with Crippen LogP contribution in [0, 0.1) is 11.6 Å². The average molecular weight is 379 g/mol. The Bertz CT molecular complexity index is 1260. The summed E-state index contributed by atoms with van der Waals surface area (Å²) >= 11 is 1.46. The van der Waals surface area contributed by atoms with E-state index in [4.69, 9.17) is 0 Å². The molecule has 0 fully saturated rings. The maximum atomic E-state index is 14.1. The van der Waals surface area contributed by atoms with E-state index in [0.29, 0.717) is 17.2 Å². The van der Waals surface area contributed by atoms with Crippen LogP contribution in [-0.4, -0.2) is 20.2 Å². The van der Waals surface area contributed by atoms with Crippen molar-refractivity contribution in [2.24, 2.45) is 0 Å². The summed E-state index contributed by atoms with van der Waals surface area (Å²) in [5, 5.41) is 14.5. The number of nitrogens with zero attached hydrogens (tertiary/aromatic N) is 3. The van der Waals surface area contributed by atoms with E-state index in [-0.39, 0.29) is 5.69 Å². The maximum Gasteiger partial charge on any atom is 0.163 e. The Morgan fingerprint density at radius 2 is 1.78 bits per heavy atom. The average Bonchev–Trinajstić information content (AvgIpc) is 3.36. The Balaban J connectivity index is 1.79. The molecule has 0 aliphatic rings. The molecule has 3 heterocycles. The highest BCUT2D eigenvalue weighted by Gasteiger charge is 2.17. The number of anilines is 2. The van der Waals surface area contributed by atoms with Gasteiger partial charge >= 0.3 is 0 Å². The topological polar surface area (TPSA) is 66.5 Å². The zero-order chi connectivity index (χ0) is 18.4. The molecule has 0 aliphatic heterocycles. The van der Waals surface area contributed by atoms with Crippen LogP contribution in [0.15, 0.2) is 54.2 Å². The van der Waals surface area contributed by atoms with Crippen LogP contribution in [-0.2, 0) is 0 Å². The van der Waals surface area contributed by atoms with E-state index in [1.54, 1.807) is 0 Å². The van der Waals surface area contributed by atoms with Crippen molar-refractivity contribution in [3.63, 3.8) is 0 Å². The summed E-state index contributed by atoms with van der Waals surface area (Å²) in [4.78, 5) is 7.66. The predicted molar refractivity (Wildman–Crippen MR) is 102 cm³/mol. The van der Waals surface area contributed by atoms with Crippen LogP contribution in [0.4, 0.5) is 20.3 Å². The zero-order valence-corrected chi connectivity index (χ0v) is 14.5. The summed E-state index contributed by atoms with van der Waals surface area (Å²) in [7, 11) is 0. The van der Waals surface area contributed by atoms with Crippen LogP contribution in [0.3, 0.4) is 0 Å². The lowest BCUT2D eigenvalue weighted by Gasteiger charge is -2.12. The SMILES string of the molecule is Fc1cccc(F)c1Nc1nc2c(-c3nnc[nH]3)cccc2c2ccsc12. The fraction of sp³-hybridized carbons (Fsp3) is 0. The van der Waals surface area contributed by atoms with E-state index < -0.39 is 11.6 Å². The normalized spacial score (nSPS) is 11.3. The molecule has 0 amide bonds. The van der Waals surface area contributed by atoms with Gasteiger partial charge in [0.15, 0.2) is 5.82 Å². The second kappa shape index (κ2) is 6.10. The molecule has 0 saturated carbocycles. The van der Waals surface area contributed by atoms with Crippen molar-refractivity contribution in [3.8, 4) is 11.4 Å². The standard InChI is InChI=1S/C19H11F2N5S/c20-13-5-2-6-14(21)16(13)25-19-17-11(7-8-27-17)10-3-1-4-12(15(10)24-19)18-22-9-23-26-18/h1-9H,(H,24,25)(H,22,23,26). The fourth-order valence-electron chi connectivity index (χ4n) is 3.10. The summed E-state index contributed by atoms with van der Waals surface area (Å²) in [6, 6.07) is 11.5. The molecule has 5 nitrogen and oxygen atoms in total. The molecule has 2 aromatic carbocycles. The molecule has 0 aliphatic carbocycles. The van der Waals surface area contributed by atoms with Gasteiger partial charge in [-0.25, -0.2) is 13.8 Å². The Morgan fingerprint density at radius 3 is 2.56 bits per heavy atom. The van der Waals surface area contributed by atoms with E-state index in [1.165, 1.54) is 35.9 Å². The summed E-state index contributed by atoms with van der Waals surface area (Å²) in [5.41, 5.74) is 1.20. The largest absolute Gasteiger partial charge is 0.334 e. The summed E-state index contributed by atoms with van der Waals surface area (Å²) in [6.45, 7) is 0. The van der Waals surface area contributed by atoms with Crippen LogP contribution in [0.5, 0.6) is 0 Å². The highest BCUT2D eigenvalue weighted by atomic mass is 32.1. The van der Waals surface area contributed by atoms with Gasteiger partial charge < -0.3 is 10.3 Å². The lowest BCUT2D eigenvalue weighted by atomic mass is 10.1. The van der Waals surface area contributed by atoms with Crippen molar-refractivity contribution in [3.05, 3.63) is 65.8 Å². The molecule has 27 heavy (non-hydrogen) atoms. The second-order valence-corrected chi connectivity index (χ2v) is 6.80. The molecule has 3 aromatic heterocycles. The molecule has 132 valence electrons. The Morgan fingerprint density at radius 1 is 0.963 bits per heavy atom. The lowest BCUT2D eigenvalue weighted by Crippen LogP contribution is -2.00. The van der Waals surface area contributed by atoms with Gasteiger partial charge in [0.2, 0.25) is 0 Å². The molecular formula is C19H11F2N5S. The number of pyridine rings is 1. The van der Waals surface area contributed by atoms with Gasteiger partial charge in [0.05, 0.1) is 10.2 Å². The first-order valence-electron chi connectivity index (χ1n) is 8.10. The maximum absolute atomic E-state index is 14.1. The molecule has 0 atom stereocenters. The second-order valence-electron chi connectivity index (χ2n) is 5.88. The van der Waals surface area contributed by atoms with E-state index in [9.17, 15) is 8.78 Å². The van der Waals surface area contributed by atoms with Crippen molar-refractivity contribution in [1.29, 1.82) is 0 Å². The van der Waals surface area contributed by atoms with Gasteiger partial charge in [-0.1, -0.05) is 18.2 Å². The number of H-pyrrole nitrogens is 1. The first-order chi connectivity index (χ1) is 13.2. The molecule has 0 bridgehead atoms. The summed E-state index contributed by atoms with van der Waals surface area (Å²) in [5.74, 6) is -0.385. The highest BCUT2D eigenvalue weighted by Crippen LogP contribution is 2.38. The van der Waals surface area contributed by atoms with E-state index in [2.05, 4.69) is 25.5 Å². The van der Waals surface area contributed by atoms with Crippen molar-refractivity contribution in [2.45, 2.75) is 0 Å². The number of halogens is 2. The van der Waals surface area contributed by atoms with Gasteiger partial charge in [0.1, 0.15) is 29.5 Å². The molecular weight excluding hydrogens is 368 g/mol. The number of para-hydroxylation sites is 2. The minimum atomic E-state index is -0.676. The lowest BCUT2D eigenvalue weighted by molar-refractivity contribution is 0.590. The minimum Gasteiger partial charge on any atom is -0.334 e. The molecule has 0 unspecified atom stereocenters. The molecule has 0 saturated heterocycles. The summed E-state index contributed by atoms with van der Waals surface area (Å²) in [6.07, 6.45) is 1.49. The van der Waals surface area contributed by atoms with Crippen LogP contribution in [0.25, 0.3) is 32.4 Å². The van der Waals surface area contributed by atoms with Gasteiger partial charge in [0, 0.05) is 16.3 Å². The monoisotopic (exact) mass is 379 g/mol. The van der Waals surface area contributed by atoms with Crippen molar-refractivity contribution in [1.82, 2.24) is 20.2 Å². The van der Waals surface area contributed by atoms with Gasteiger partial charge in [-0.3, -0.25) is 0 Å². The van der Waals surface area contributed by atoms with E-state index in [1.807, 2.05) is 29.6 Å². The van der Waals surface area contributed by atoms with Crippen molar-refractivity contribution in [2.75, 3.05) is 5.32 Å². The highest BCUT2D eigenvalue weighted by molar-refractivity contribution is 7.18. The Kier molecular flexibility index (Phi) is 3.58. The zero-order valence-electron chi connectivity index (χ0n) is 13.7. The number of rotatable bonds is 3. The third-order valence-corrected chi connectivity index (χ3v) is 5.23. The Labute approximate surface area is 155 Å². The molecule has 0 radical (unpaired) electrons. The fourth-order valence-corrected chi connectivity index (χ4v) is 3.95. The number of fused-ring (bicyclic) bond motifs is 3. The van der Waals surface area contributed by atoms with Crippen LogP contribution in [0.1, 0.15) is 0 Å². The number of hydrogen-bond acceptors (Lipinski definition) is 5. The van der Waals surface area contributed by atoms with E-state index >= 15 is 0 Å². The van der Waals surface area contributed by atoms with Crippen LogP contribution < -0.4 is 5.32 Å². The quantitative estimate of drug-likeness (QED) is 0.449. The third-order valence-electron chi connectivity index (χ3n) is 4.31. The molecule has 0 spiro atoms. The molecule has 2 N–H and O–H groups in total. The third kappa shape index (κ3) is 2.53. The van der Waals surface area contributed by atoms with Gasteiger partial charge in [-0.2, -0.15) is 0 Å². The number of benzene rings is 2. The van der Waals surface area contributed by atoms with Gasteiger partial charge in [0.25, 0.3) is 0 Å². The molecule has 5 rings (SSSR count). The Hall–Kier alpha value is -3.39. The van der Waals surface area contributed by atoms with Crippen LogP contribution in [0.2, 0.25) is 0 Å². The number of nitrogens with one attached hydrogen (secondary N) is 2. The van der Waals surface area contributed by atoms with Crippen molar-refractivity contribution < 1.29 is 8.78 Å². The first kappa shape index (κ1) is 15.8. The minimum absolute atomic E-state index is 0.226. The van der Waals surface area contributed by atoms with Crippen LogP contribution >= 0.6 is 11.3 Å². The van der Waals surface area contributed by atoms with Gasteiger partial charge in [-0.05, 0) is 29.6 Å². The number of thiophene rings is 1. The van der Waals surface area contributed by atoms with Gasteiger partial charge in [-0.15, -0.1) is 21.5 Å². The first-order valence-corrected chi connectivity index (χ1v) is 8.98. The molecule has 8 heteroatoms. The number of hydrogen-bond donors (Lipinski definition) is 2. The molecule has 5 aromatic rings. The summed E-state index contributed by atoms with van der Waals surface area (Å²) < 4.78 is 29.1. The van der Waals surface area contributed by atoms with Crippen molar-refractivity contribution >= 4 is 43.8 Å². The predicted octanol–water partition coefficient (Wildman–Crippen LogP) is 5.26. The van der Waals surface area contributed by atoms with E-state index in [0.717, 1.165) is 21.0 Å². The smallest absolute Gasteiger partial charge is 0.163 e. The number of aromatic nitrogens is 4.